The third-order valence-electron chi connectivity index (χ3n) is 4.51. The molecular formula is C15H17Cl2NO. The van der Waals surface area contributed by atoms with Gasteiger partial charge in [-0.1, -0.05) is 29.3 Å². The van der Waals surface area contributed by atoms with Crippen LogP contribution in [0, 0.1) is 0 Å². The summed E-state index contributed by atoms with van der Waals surface area (Å²) in [7, 11) is 2.16. The van der Waals surface area contributed by atoms with Crippen LogP contribution in [0.4, 0.5) is 0 Å². The van der Waals surface area contributed by atoms with Gasteiger partial charge >= 0.3 is 0 Å². The Labute approximate surface area is 123 Å². The number of nitrogens with zero attached hydrogens (tertiary/aromatic N) is 1. The molecule has 1 aromatic rings. The largest absolute Gasteiger partial charge is 0.392 e. The van der Waals surface area contributed by atoms with Crippen molar-refractivity contribution in [2.45, 2.75) is 31.3 Å². The molecule has 1 N–H and O–H groups in total. The summed E-state index contributed by atoms with van der Waals surface area (Å²) in [6, 6.07) is 6.73. The van der Waals surface area contributed by atoms with E-state index in [0.717, 1.165) is 24.0 Å². The number of rotatable bonds is 2. The van der Waals surface area contributed by atoms with Crippen molar-refractivity contribution >= 4 is 28.8 Å². The molecular weight excluding hydrogens is 281 g/mol. The first-order valence-corrected chi connectivity index (χ1v) is 7.37. The molecule has 2 atom stereocenters. The molecule has 0 aromatic heterocycles. The van der Waals surface area contributed by atoms with E-state index in [0.29, 0.717) is 22.1 Å². The fraction of sp³-hybridized carbons (Fsp3) is 0.467. The summed E-state index contributed by atoms with van der Waals surface area (Å²) in [5.41, 5.74) is 3.50. The van der Waals surface area contributed by atoms with Gasteiger partial charge in [-0.15, -0.1) is 0 Å². The molecule has 1 unspecified atom stereocenters. The molecule has 3 rings (SSSR count). The molecule has 1 aromatic carbocycles. The number of aliphatic hydroxyl groups excluding tert-OH is 1. The van der Waals surface area contributed by atoms with Crippen molar-refractivity contribution in [1.29, 1.82) is 0 Å². The molecule has 2 aliphatic rings. The number of halogens is 2. The van der Waals surface area contributed by atoms with E-state index < -0.39 is 0 Å². The van der Waals surface area contributed by atoms with Crippen LogP contribution in [0.3, 0.4) is 0 Å². The Kier molecular flexibility index (Phi) is 3.61. The Bertz CT molecular complexity index is 541. The van der Waals surface area contributed by atoms with Crippen LogP contribution in [-0.2, 0) is 0 Å². The smallest absolute Gasteiger partial charge is 0.0662 e. The van der Waals surface area contributed by atoms with Gasteiger partial charge in [-0.3, -0.25) is 4.90 Å². The summed E-state index contributed by atoms with van der Waals surface area (Å²) in [5, 5.41) is 10.9. The molecule has 19 heavy (non-hydrogen) atoms. The minimum absolute atomic E-state index is 0.122. The number of benzene rings is 1. The first-order chi connectivity index (χ1) is 9.11. The Morgan fingerprint density at radius 1 is 1.26 bits per heavy atom. The van der Waals surface area contributed by atoms with Crippen LogP contribution in [0.2, 0.25) is 10.0 Å². The highest BCUT2D eigenvalue weighted by molar-refractivity contribution is 6.42. The van der Waals surface area contributed by atoms with Crippen LogP contribution in [0.25, 0.3) is 5.57 Å². The van der Waals surface area contributed by atoms with Crippen molar-refractivity contribution in [3.05, 3.63) is 39.4 Å². The van der Waals surface area contributed by atoms with Crippen LogP contribution in [-0.4, -0.2) is 35.7 Å². The van der Waals surface area contributed by atoms with Gasteiger partial charge in [0.25, 0.3) is 0 Å². The fourth-order valence-electron chi connectivity index (χ4n) is 3.43. The molecule has 2 aliphatic heterocycles. The lowest BCUT2D eigenvalue weighted by atomic mass is 9.89. The number of likely N-dealkylation sites (N-methyl/N-ethyl adjacent to an activating group) is 1. The zero-order chi connectivity index (χ0) is 13.6. The molecule has 4 heteroatoms. The summed E-state index contributed by atoms with van der Waals surface area (Å²) in [5.74, 6) is 0. The number of fused-ring (bicyclic) bond motifs is 2. The van der Waals surface area contributed by atoms with Crippen LogP contribution in [0.5, 0.6) is 0 Å². The van der Waals surface area contributed by atoms with Crippen LogP contribution in [0.15, 0.2) is 23.8 Å². The van der Waals surface area contributed by atoms with Crippen molar-refractivity contribution < 1.29 is 5.11 Å². The third kappa shape index (κ3) is 2.21. The summed E-state index contributed by atoms with van der Waals surface area (Å²) < 4.78 is 0. The molecule has 0 saturated carbocycles. The predicted molar refractivity (Wildman–Crippen MR) is 79.7 cm³/mol. The zero-order valence-electron chi connectivity index (χ0n) is 10.9. The molecule has 1 fully saturated rings. The van der Waals surface area contributed by atoms with Gasteiger partial charge in [-0.05, 0) is 55.2 Å². The van der Waals surface area contributed by atoms with Crippen molar-refractivity contribution in [2.75, 3.05) is 13.7 Å². The van der Waals surface area contributed by atoms with Crippen LogP contribution >= 0.6 is 23.2 Å². The predicted octanol–water partition coefficient (Wildman–Crippen LogP) is 3.61. The van der Waals surface area contributed by atoms with Gasteiger partial charge in [0.2, 0.25) is 0 Å². The van der Waals surface area contributed by atoms with E-state index >= 15 is 0 Å². The van der Waals surface area contributed by atoms with E-state index in [9.17, 15) is 5.11 Å². The van der Waals surface area contributed by atoms with Crippen molar-refractivity contribution in [3.8, 4) is 0 Å². The average molecular weight is 298 g/mol. The van der Waals surface area contributed by atoms with Crippen molar-refractivity contribution in [2.24, 2.45) is 0 Å². The second-order valence-electron chi connectivity index (χ2n) is 5.41. The molecule has 1 saturated heterocycles. The summed E-state index contributed by atoms with van der Waals surface area (Å²) in [4.78, 5) is 2.40. The molecule has 2 heterocycles. The molecule has 0 amide bonds. The molecule has 2 nitrogen and oxygen atoms in total. The van der Waals surface area contributed by atoms with E-state index in [1.807, 2.05) is 18.2 Å². The van der Waals surface area contributed by atoms with E-state index in [2.05, 4.69) is 11.9 Å². The third-order valence-corrected chi connectivity index (χ3v) is 5.25. The quantitative estimate of drug-likeness (QED) is 0.901. The van der Waals surface area contributed by atoms with Crippen LogP contribution in [0.1, 0.15) is 24.8 Å². The maximum atomic E-state index is 9.74. The standard InChI is InChI=1S/C15H17Cl2NO/c1-18-10-3-5-15(18)12(8-19)11(7-10)9-2-4-13(16)14(17)6-9/h2,4,6,10,15,19H,3,5,7-8H2,1H3/t10?,15-/m1/s1. The molecule has 0 radical (unpaired) electrons. The highest BCUT2D eigenvalue weighted by Crippen LogP contribution is 2.42. The Morgan fingerprint density at radius 2 is 2.05 bits per heavy atom. The monoisotopic (exact) mass is 297 g/mol. The van der Waals surface area contributed by atoms with Crippen molar-refractivity contribution in [1.82, 2.24) is 4.90 Å². The molecule has 2 bridgehead atoms. The average Bonchev–Trinajstić information content (AvgIpc) is 2.65. The zero-order valence-corrected chi connectivity index (χ0v) is 12.4. The molecule has 0 aliphatic carbocycles. The number of aliphatic hydroxyl groups is 1. The van der Waals surface area contributed by atoms with Crippen molar-refractivity contribution in [3.63, 3.8) is 0 Å². The van der Waals surface area contributed by atoms with Gasteiger partial charge in [-0.25, -0.2) is 0 Å². The molecule has 0 spiro atoms. The van der Waals surface area contributed by atoms with E-state index in [1.165, 1.54) is 12.0 Å². The minimum Gasteiger partial charge on any atom is -0.392 e. The number of hydrogen-bond acceptors (Lipinski definition) is 2. The topological polar surface area (TPSA) is 23.5 Å². The van der Waals surface area contributed by atoms with Gasteiger partial charge in [0.1, 0.15) is 0 Å². The SMILES string of the molecule is CN1C2CC[C@@H]1C(CO)=C(c1ccc(Cl)c(Cl)c1)C2. The minimum atomic E-state index is 0.122. The second kappa shape index (κ2) is 5.10. The maximum Gasteiger partial charge on any atom is 0.0662 e. The Hall–Kier alpha value is -0.540. The van der Waals surface area contributed by atoms with Gasteiger partial charge in [0.15, 0.2) is 0 Å². The first kappa shape index (κ1) is 13.4. The van der Waals surface area contributed by atoms with Gasteiger partial charge in [0, 0.05) is 12.1 Å². The first-order valence-electron chi connectivity index (χ1n) is 6.62. The van der Waals surface area contributed by atoms with Gasteiger partial charge < -0.3 is 5.11 Å². The summed E-state index contributed by atoms with van der Waals surface area (Å²) >= 11 is 12.1. The van der Waals surface area contributed by atoms with E-state index in [1.54, 1.807) is 0 Å². The van der Waals surface area contributed by atoms with Gasteiger partial charge in [-0.2, -0.15) is 0 Å². The summed E-state index contributed by atoms with van der Waals surface area (Å²) in [6.07, 6.45) is 3.33. The summed E-state index contributed by atoms with van der Waals surface area (Å²) in [6.45, 7) is 0.122. The van der Waals surface area contributed by atoms with Gasteiger partial charge in [0.05, 0.1) is 16.7 Å². The number of hydrogen-bond donors (Lipinski definition) is 1. The normalized spacial score (nSPS) is 27.2. The van der Waals surface area contributed by atoms with E-state index in [-0.39, 0.29) is 6.61 Å². The van der Waals surface area contributed by atoms with E-state index in [4.69, 9.17) is 23.2 Å². The van der Waals surface area contributed by atoms with Crippen LogP contribution < -0.4 is 0 Å². The highest BCUT2D eigenvalue weighted by atomic mass is 35.5. The fourth-order valence-corrected chi connectivity index (χ4v) is 3.73. The maximum absolute atomic E-state index is 9.74. The highest BCUT2D eigenvalue weighted by Gasteiger charge is 2.38. The lowest BCUT2D eigenvalue weighted by Gasteiger charge is -2.35. The second-order valence-corrected chi connectivity index (χ2v) is 6.22. The Balaban J connectivity index is 2.06. The Morgan fingerprint density at radius 3 is 2.74 bits per heavy atom. The lowest BCUT2D eigenvalue weighted by molar-refractivity contribution is 0.228. The molecule has 102 valence electrons. The lowest BCUT2D eigenvalue weighted by Crippen LogP contribution is -2.38.